The number of aryl methyl sites for hydroxylation is 1. The zero-order valence-electron chi connectivity index (χ0n) is 13.4. The van der Waals surface area contributed by atoms with Gasteiger partial charge in [0.15, 0.2) is 5.13 Å². The zero-order valence-corrected chi connectivity index (χ0v) is 15.0. The SMILES string of the molecule is Cc1nc(NS(C)(=O)=O)sc1C(=O)Nc1ccc(C(C)C)cc1. The van der Waals surface area contributed by atoms with Gasteiger partial charge in [-0.25, -0.2) is 13.4 Å². The van der Waals surface area contributed by atoms with Crippen LogP contribution >= 0.6 is 11.3 Å². The molecule has 0 saturated heterocycles. The molecule has 1 aromatic heterocycles. The molecule has 1 amide bonds. The fourth-order valence-corrected chi connectivity index (χ4v) is 3.65. The molecule has 124 valence electrons. The molecule has 0 radical (unpaired) electrons. The third kappa shape index (κ3) is 4.77. The van der Waals surface area contributed by atoms with Crippen molar-refractivity contribution in [3.63, 3.8) is 0 Å². The number of anilines is 2. The van der Waals surface area contributed by atoms with Crippen LogP contribution in [0.3, 0.4) is 0 Å². The number of rotatable bonds is 5. The van der Waals surface area contributed by atoms with Gasteiger partial charge in [0, 0.05) is 5.69 Å². The molecule has 6 nitrogen and oxygen atoms in total. The van der Waals surface area contributed by atoms with Gasteiger partial charge < -0.3 is 5.32 Å². The van der Waals surface area contributed by atoms with Crippen molar-refractivity contribution in [3.8, 4) is 0 Å². The molecule has 2 aromatic rings. The van der Waals surface area contributed by atoms with Crippen molar-refractivity contribution in [2.75, 3.05) is 16.3 Å². The molecular formula is C15H19N3O3S2. The number of amides is 1. The van der Waals surface area contributed by atoms with Gasteiger partial charge in [-0.05, 0) is 30.5 Å². The maximum atomic E-state index is 12.3. The zero-order chi connectivity index (χ0) is 17.2. The van der Waals surface area contributed by atoms with E-state index >= 15 is 0 Å². The number of hydrogen-bond acceptors (Lipinski definition) is 5. The molecule has 1 aromatic carbocycles. The molecule has 8 heteroatoms. The number of carbonyl (C=O) groups excluding carboxylic acids is 1. The molecular weight excluding hydrogens is 334 g/mol. The minimum Gasteiger partial charge on any atom is -0.321 e. The van der Waals surface area contributed by atoms with E-state index in [0.29, 0.717) is 22.2 Å². The highest BCUT2D eigenvalue weighted by molar-refractivity contribution is 7.92. The topological polar surface area (TPSA) is 88.2 Å². The number of sulfonamides is 1. The summed E-state index contributed by atoms with van der Waals surface area (Å²) in [6.45, 7) is 5.87. The fourth-order valence-electron chi connectivity index (χ4n) is 1.95. The van der Waals surface area contributed by atoms with E-state index in [9.17, 15) is 13.2 Å². The summed E-state index contributed by atoms with van der Waals surface area (Å²) in [4.78, 5) is 16.8. The highest BCUT2D eigenvalue weighted by Crippen LogP contribution is 2.25. The van der Waals surface area contributed by atoms with Crippen LogP contribution in [0.1, 0.15) is 40.7 Å². The maximum Gasteiger partial charge on any atom is 0.267 e. The van der Waals surface area contributed by atoms with Crippen molar-refractivity contribution < 1.29 is 13.2 Å². The van der Waals surface area contributed by atoms with Crippen LogP contribution in [0.5, 0.6) is 0 Å². The van der Waals surface area contributed by atoms with Crippen LogP contribution < -0.4 is 10.0 Å². The van der Waals surface area contributed by atoms with E-state index < -0.39 is 10.0 Å². The molecule has 0 fully saturated rings. The summed E-state index contributed by atoms with van der Waals surface area (Å²) in [5, 5.41) is 2.98. The second-order valence-corrected chi connectivity index (χ2v) is 8.29. The number of nitrogens with zero attached hydrogens (tertiary/aromatic N) is 1. The van der Waals surface area contributed by atoms with Gasteiger partial charge in [-0.2, -0.15) is 0 Å². The average molecular weight is 353 g/mol. The molecule has 0 aliphatic heterocycles. The third-order valence-electron chi connectivity index (χ3n) is 3.11. The molecule has 0 atom stereocenters. The number of thiazole rings is 1. The van der Waals surface area contributed by atoms with Crippen LogP contribution in [0.15, 0.2) is 24.3 Å². The van der Waals surface area contributed by atoms with Gasteiger partial charge in [-0.15, -0.1) is 0 Å². The highest BCUT2D eigenvalue weighted by atomic mass is 32.2. The largest absolute Gasteiger partial charge is 0.321 e. The predicted molar refractivity (Wildman–Crippen MR) is 93.8 cm³/mol. The van der Waals surface area contributed by atoms with E-state index in [1.165, 1.54) is 5.56 Å². The van der Waals surface area contributed by atoms with Gasteiger partial charge in [0.05, 0.1) is 11.9 Å². The van der Waals surface area contributed by atoms with Crippen LogP contribution in [0, 0.1) is 6.92 Å². The predicted octanol–water partition coefficient (Wildman–Crippen LogP) is 3.20. The van der Waals surface area contributed by atoms with Gasteiger partial charge in [-0.3, -0.25) is 9.52 Å². The lowest BCUT2D eigenvalue weighted by Crippen LogP contribution is -2.11. The van der Waals surface area contributed by atoms with E-state index in [4.69, 9.17) is 0 Å². The lowest BCUT2D eigenvalue weighted by molar-refractivity contribution is 0.103. The first-order chi connectivity index (χ1) is 10.7. The second-order valence-electron chi connectivity index (χ2n) is 5.54. The summed E-state index contributed by atoms with van der Waals surface area (Å²) in [6.07, 6.45) is 1.04. The van der Waals surface area contributed by atoms with Crippen molar-refractivity contribution in [3.05, 3.63) is 40.4 Å². The number of aromatic nitrogens is 1. The lowest BCUT2D eigenvalue weighted by Gasteiger charge is -2.08. The Morgan fingerprint density at radius 2 is 1.83 bits per heavy atom. The van der Waals surface area contributed by atoms with E-state index in [0.717, 1.165) is 17.6 Å². The normalized spacial score (nSPS) is 11.5. The first-order valence-corrected chi connectivity index (χ1v) is 9.73. The van der Waals surface area contributed by atoms with Crippen LogP contribution in [-0.4, -0.2) is 25.6 Å². The average Bonchev–Trinajstić information content (AvgIpc) is 2.77. The summed E-state index contributed by atoms with van der Waals surface area (Å²) >= 11 is 1.01. The Balaban J connectivity index is 2.14. The smallest absolute Gasteiger partial charge is 0.267 e. The molecule has 23 heavy (non-hydrogen) atoms. The maximum absolute atomic E-state index is 12.3. The number of hydrogen-bond donors (Lipinski definition) is 2. The van der Waals surface area contributed by atoms with Gasteiger partial charge in [0.2, 0.25) is 10.0 Å². The summed E-state index contributed by atoms with van der Waals surface area (Å²) < 4.78 is 24.7. The van der Waals surface area contributed by atoms with Crippen molar-refractivity contribution in [2.45, 2.75) is 26.7 Å². The van der Waals surface area contributed by atoms with Gasteiger partial charge >= 0.3 is 0 Å². The minimum absolute atomic E-state index is 0.185. The third-order valence-corrected chi connectivity index (χ3v) is 4.88. The van der Waals surface area contributed by atoms with Crippen molar-refractivity contribution in [1.82, 2.24) is 4.98 Å². The molecule has 0 aliphatic rings. The Morgan fingerprint density at radius 1 is 1.22 bits per heavy atom. The molecule has 2 N–H and O–H groups in total. The van der Waals surface area contributed by atoms with E-state index in [1.807, 2.05) is 24.3 Å². The number of benzene rings is 1. The standard InChI is InChI=1S/C15H19N3O3S2/c1-9(2)11-5-7-12(8-6-11)17-14(19)13-10(3)16-15(22-13)18-23(4,20)21/h5-9H,1-4H3,(H,16,18)(H,17,19). The second kappa shape index (κ2) is 6.67. The van der Waals surface area contributed by atoms with Crippen LogP contribution in [-0.2, 0) is 10.0 Å². The molecule has 0 saturated carbocycles. The molecule has 0 bridgehead atoms. The Kier molecular flexibility index (Phi) is 5.06. The molecule has 1 heterocycles. The number of carbonyl (C=O) groups is 1. The van der Waals surface area contributed by atoms with E-state index in [1.54, 1.807) is 6.92 Å². The first-order valence-electron chi connectivity index (χ1n) is 7.02. The molecule has 0 unspecified atom stereocenters. The number of nitrogens with one attached hydrogen (secondary N) is 2. The Morgan fingerprint density at radius 3 is 2.35 bits per heavy atom. The Bertz CT molecular complexity index is 809. The van der Waals surface area contributed by atoms with Gasteiger partial charge in [-0.1, -0.05) is 37.3 Å². The van der Waals surface area contributed by atoms with Crippen LogP contribution in [0.25, 0.3) is 0 Å². The first kappa shape index (κ1) is 17.4. The van der Waals surface area contributed by atoms with Crippen molar-refractivity contribution in [2.24, 2.45) is 0 Å². The summed E-state index contributed by atoms with van der Waals surface area (Å²) in [5.74, 6) is 0.118. The van der Waals surface area contributed by atoms with Crippen molar-refractivity contribution >= 4 is 38.1 Å². The Hall–Kier alpha value is -1.93. The fraction of sp³-hybridized carbons (Fsp3) is 0.333. The molecule has 2 rings (SSSR count). The van der Waals surface area contributed by atoms with Crippen molar-refractivity contribution in [1.29, 1.82) is 0 Å². The molecule has 0 aliphatic carbocycles. The minimum atomic E-state index is -3.41. The van der Waals surface area contributed by atoms with Gasteiger partial charge in [0.1, 0.15) is 4.88 Å². The molecule has 0 spiro atoms. The van der Waals surface area contributed by atoms with Crippen LogP contribution in [0.4, 0.5) is 10.8 Å². The lowest BCUT2D eigenvalue weighted by atomic mass is 10.0. The summed E-state index contributed by atoms with van der Waals surface area (Å²) in [7, 11) is -3.41. The Labute approximate surface area is 140 Å². The van der Waals surface area contributed by atoms with Gasteiger partial charge in [0.25, 0.3) is 5.91 Å². The summed E-state index contributed by atoms with van der Waals surface area (Å²) in [5.41, 5.74) is 2.36. The monoisotopic (exact) mass is 353 g/mol. The highest BCUT2D eigenvalue weighted by Gasteiger charge is 2.17. The van der Waals surface area contributed by atoms with E-state index in [-0.39, 0.29) is 11.0 Å². The quantitative estimate of drug-likeness (QED) is 0.864. The van der Waals surface area contributed by atoms with E-state index in [2.05, 4.69) is 28.9 Å². The summed E-state index contributed by atoms with van der Waals surface area (Å²) in [6, 6.07) is 7.63. The van der Waals surface area contributed by atoms with Crippen LogP contribution in [0.2, 0.25) is 0 Å².